The predicted molar refractivity (Wildman–Crippen MR) is 141 cm³/mol. The van der Waals surface area contributed by atoms with Crippen molar-refractivity contribution in [2.75, 3.05) is 26.7 Å². The maximum absolute atomic E-state index is 14.1. The largest absolute Gasteiger partial charge is 0.481 e. The quantitative estimate of drug-likeness (QED) is 0.553. The third-order valence-electron chi connectivity index (χ3n) is 9.66. The highest BCUT2D eigenvalue weighted by Crippen LogP contribution is 2.48. The van der Waals surface area contributed by atoms with E-state index >= 15 is 0 Å². The lowest BCUT2D eigenvalue weighted by atomic mass is 9.77. The standard InChI is InChI=1S/C30H37F3N4O3/c1-40-26-5-4-22(16-35-26)29(39)9-6-24(7-10-29)37-13-11-28(19-37,15-20-2-3-20)27(38)36-12-8-21-14-23(30(31,32)33)17-34-25(21)18-36/h4-5,14,16-17,20,24,39H,2-3,6-13,15,18-19H2,1H3. The number of hydrogen-bond acceptors (Lipinski definition) is 6. The molecule has 1 N–H and O–H groups in total. The lowest BCUT2D eigenvalue weighted by Gasteiger charge is -2.41. The van der Waals surface area contributed by atoms with Crippen LogP contribution < -0.4 is 4.74 Å². The van der Waals surface area contributed by atoms with Gasteiger partial charge in [0.15, 0.2) is 0 Å². The molecule has 0 spiro atoms. The summed E-state index contributed by atoms with van der Waals surface area (Å²) in [5.41, 5.74) is -0.124. The number of carbonyl (C=O) groups excluding carboxylic acids is 1. The van der Waals surface area contributed by atoms with Crippen LogP contribution in [0.3, 0.4) is 0 Å². The molecule has 0 aromatic carbocycles. The number of nitrogens with zero attached hydrogens (tertiary/aromatic N) is 4. The first-order valence-electron chi connectivity index (χ1n) is 14.4. The molecule has 3 fully saturated rings. The molecule has 2 saturated carbocycles. The first-order valence-corrected chi connectivity index (χ1v) is 14.4. The summed E-state index contributed by atoms with van der Waals surface area (Å²) in [5, 5.41) is 11.4. The van der Waals surface area contributed by atoms with Crippen molar-refractivity contribution in [1.29, 1.82) is 0 Å². The minimum Gasteiger partial charge on any atom is -0.481 e. The number of amides is 1. The summed E-state index contributed by atoms with van der Waals surface area (Å²) in [6.07, 6.45) is 5.52. The lowest BCUT2D eigenvalue weighted by molar-refractivity contribution is -0.144. The fourth-order valence-corrected chi connectivity index (χ4v) is 7.11. The second-order valence-corrected chi connectivity index (χ2v) is 12.3. The molecule has 7 nitrogen and oxygen atoms in total. The summed E-state index contributed by atoms with van der Waals surface area (Å²) in [6.45, 7) is 2.25. The number of likely N-dealkylation sites (tertiary alicyclic amines) is 1. The van der Waals surface area contributed by atoms with E-state index in [9.17, 15) is 23.1 Å². The van der Waals surface area contributed by atoms with Crippen LogP contribution in [0.5, 0.6) is 5.88 Å². The first kappa shape index (κ1) is 27.4. The van der Waals surface area contributed by atoms with E-state index in [1.165, 1.54) is 6.07 Å². The van der Waals surface area contributed by atoms with Gasteiger partial charge in [-0.15, -0.1) is 0 Å². The van der Waals surface area contributed by atoms with Crippen LogP contribution in [0, 0.1) is 11.3 Å². The summed E-state index contributed by atoms with van der Waals surface area (Å²) < 4.78 is 44.6. The number of halogens is 3. The highest BCUT2D eigenvalue weighted by molar-refractivity contribution is 5.83. The molecule has 1 unspecified atom stereocenters. The molecular weight excluding hydrogens is 521 g/mol. The summed E-state index contributed by atoms with van der Waals surface area (Å²) >= 11 is 0. The number of ether oxygens (including phenoxy) is 1. The zero-order chi connectivity index (χ0) is 28.1. The van der Waals surface area contributed by atoms with Gasteiger partial charge in [-0.3, -0.25) is 14.7 Å². The monoisotopic (exact) mass is 558 g/mol. The van der Waals surface area contributed by atoms with Crippen molar-refractivity contribution in [3.8, 4) is 5.88 Å². The fourth-order valence-electron chi connectivity index (χ4n) is 7.11. The molecule has 2 aromatic heterocycles. The van der Waals surface area contributed by atoms with Gasteiger partial charge in [0.05, 0.1) is 35.9 Å². The number of alkyl halides is 3. The maximum Gasteiger partial charge on any atom is 0.417 e. The number of rotatable bonds is 6. The summed E-state index contributed by atoms with van der Waals surface area (Å²) in [4.78, 5) is 26.8. The molecule has 1 amide bonds. The number of methoxy groups -OCH3 is 1. The molecule has 2 aromatic rings. The van der Waals surface area contributed by atoms with Gasteiger partial charge in [-0.2, -0.15) is 13.2 Å². The van der Waals surface area contributed by atoms with Gasteiger partial charge in [0.25, 0.3) is 0 Å². The Morgan fingerprint density at radius 3 is 2.52 bits per heavy atom. The van der Waals surface area contributed by atoms with Gasteiger partial charge in [-0.1, -0.05) is 12.8 Å². The van der Waals surface area contributed by atoms with E-state index in [4.69, 9.17) is 4.74 Å². The van der Waals surface area contributed by atoms with Crippen molar-refractivity contribution < 1.29 is 27.8 Å². The molecule has 1 saturated heterocycles. The van der Waals surface area contributed by atoms with E-state index in [0.29, 0.717) is 61.4 Å². The van der Waals surface area contributed by atoms with Crippen molar-refractivity contribution in [2.45, 2.75) is 82.2 Å². The van der Waals surface area contributed by atoms with Crippen molar-refractivity contribution in [3.63, 3.8) is 0 Å². The van der Waals surface area contributed by atoms with Crippen LogP contribution in [0.4, 0.5) is 13.2 Å². The van der Waals surface area contributed by atoms with Gasteiger partial charge in [-0.05, 0) is 75.1 Å². The highest BCUT2D eigenvalue weighted by atomic mass is 19.4. The highest BCUT2D eigenvalue weighted by Gasteiger charge is 2.51. The van der Waals surface area contributed by atoms with Crippen molar-refractivity contribution >= 4 is 5.91 Å². The van der Waals surface area contributed by atoms with E-state index in [1.54, 1.807) is 19.4 Å². The molecule has 0 bridgehead atoms. The zero-order valence-corrected chi connectivity index (χ0v) is 22.9. The Labute approximate surface area is 232 Å². The molecule has 6 rings (SSSR count). The third kappa shape index (κ3) is 5.32. The minimum atomic E-state index is -4.42. The van der Waals surface area contributed by atoms with E-state index in [0.717, 1.165) is 56.8 Å². The van der Waals surface area contributed by atoms with E-state index in [-0.39, 0.29) is 12.5 Å². The number of carbonyl (C=O) groups is 1. The fraction of sp³-hybridized carbons (Fsp3) is 0.633. The Morgan fingerprint density at radius 1 is 1.10 bits per heavy atom. The second-order valence-electron chi connectivity index (χ2n) is 12.3. The van der Waals surface area contributed by atoms with Crippen molar-refractivity contribution in [1.82, 2.24) is 19.8 Å². The van der Waals surface area contributed by atoms with Crippen LogP contribution >= 0.6 is 0 Å². The molecule has 2 aliphatic heterocycles. The Bertz CT molecular complexity index is 1240. The Kier molecular flexibility index (Phi) is 7.05. The number of aromatic nitrogens is 2. The van der Waals surface area contributed by atoms with Crippen molar-refractivity contribution in [3.05, 3.63) is 53.0 Å². The predicted octanol–water partition coefficient (Wildman–Crippen LogP) is 4.71. The Morgan fingerprint density at radius 2 is 1.88 bits per heavy atom. The van der Waals surface area contributed by atoms with Crippen LogP contribution in [-0.2, 0) is 29.5 Å². The van der Waals surface area contributed by atoms with Gasteiger partial charge in [0.2, 0.25) is 11.8 Å². The summed E-state index contributed by atoms with van der Waals surface area (Å²) in [6, 6.07) is 5.16. The molecule has 4 heterocycles. The van der Waals surface area contributed by atoms with Crippen molar-refractivity contribution in [2.24, 2.45) is 11.3 Å². The molecule has 2 aliphatic carbocycles. The second kappa shape index (κ2) is 10.3. The van der Waals surface area contributed by atoms with Crippen LogP contribution in [0.2, 0.25) is 0 Å². The van der Waals surface area contributed by atoms with Gasteiger partial charge in [-0.25, -0.2) is 4.98 Å². The SMILES string of the molecule is COc1ccc(C2(O)CCC(N3CCC(CC4CC4)(C(=O)N4CCc5cc(C(F)(F)F)cnc5C4)C3)CC2)cn1. The first-order chi connectivity index (χ1) is 19.1. The van der Waals surface area contributed by atoms with Crippen LogP contribution in [0.25, 0.3) is 0 Å². The van der Waals surface area contributed by atoms with Gasteiger partial charge in [0, 0.05) is 43.2 Å². The smallest absolute Gasteiger partial charge is 0.417 e. The Hall–Kier alpha value is -2.72. The molecule has 40 heavy (non-hydrogen) atoms. The van der Waals surface area contributed by atoms with Gasteiger partial charge in [0.1, 0.15) is 0 Å². The normalized spacial score (nSPS) is 29.3. The molecule has 216 valence electrons. The number of pyridine rings is 2. The summed E-state index contributed by atoms with van der Waals surface area (Å²) in [5.74, 6) is 1.23. The van der Waals surface area contributed by atoms with Crippen LogP contribution in [0.15, 0.2) is 30.6 Å². The molecular formula is C30H37F3N4O3. The molecule has 1 atom stereocenters. The van der Waals surface area contributed by atoms with Gasteiger partial charge >= 0.3 is 6.18 Å². The Balaban J connectivity index is 1.13. The average molecular weight is 559 g/mol. The zero-order valence-electron chi connectivity index (χ0n) is 22.9. The number of aliphatic hydroxyl groups is 1. The lowest BCUT2D eigenvalue weighted by Crippen LogP contribution is -2.49. The molecule has 4 aliphatic rings. The number of hydrogen-bond donors (Lipinski definition) is 1. The van der Waals surface area contributed by atoms with Crippen LogP contribution in [-0.4, -0.2) is 63.6 Å². The maximum atomic E-state index is 14.1. The van der Waals surface area contributed by atoms with E-state index in [1.807, 2.05) is 11.0 Å². The summed E-state index contributed by atoms with van der Waals surface area (Å²) in [7, 11) is 1.57. The van der Waals surface area contributed by atoms with E-state index < -0.39 is 22.8 Å². The van der Waals surface area contributed by atoms with Crippen LogP contribution in [0.1, 0.15) is 73.8 Å². The third-order valence-corrected chi connectivity index (χ3v) is 9.66. The molecule has 0 radical (unpaired) electrons. The average Bonchev–Trinajstić information content (AvgIpc) is 3.67. The number of fused-ring (bicyclic) bond motifs is 1. The van der Waals surface area contributed by atoms with Gasteiger partial charge < -0.3 is 14.7 Å². The van der Waals surface area contributed by atoms with E-state index in [2.05, 4.69) is 14.9 Å². The topological polar surface area (TPSA) is 78.8 Å². The molecule has 10 heteroatoms. The minimum absolute atomic E-state index is 0.130.